The van der Waals surface area contributed by atoms with E-state index in [1.165, 1.54) is 0 Å². The molecule has 0 radical (unpaired) electrons. The van der Waals surface area contributed by atoms with E-state index in [0.717, 1.165) is 6.42 Å². The predicted molar refractivity (Wildman–Crippen MR) is 80.0 cm³/mol. The van der Waals surface area contributed by atoms with Gasteiger partial charge in [-0.15, -0.1) is 0 Å². The molecule has 0 unspecified atom stereocenters. The predicted octanol–water partition coefficient (Wildman–Crippen LogP) is 3.17. The van der Waals surface area contributed by atoms with Crippen LogP contribution in [0.1, 0.15) is 54.9 Å². The van der Waals surface area contributed by atoms with Crippen molar-refractivity contribution in [2.75, 3.05) is 6.54 Å². The van der Waals surface area contributed by atoms with Gasteiger partial charge in [0.15, 0.2) is 5.79 Å². The van der Waals surface area contributed by atoms with Crippen molar-refractivity contribution in [2.24, 2.45) is 5.92 Å². The highest BCUT2D eigenvalue weighted by Gasteiger charge is 2.55. The van der Waals surface area contributed by atoms with Crippen LogP contribution in [0.2, 0.25) is 0 Å². The van der Waals surface area contributed by atoms with Crippen molar-refractivity contribution >= 4 is 6.09 Å². The molecule has 3 atom stereocenters. The van der Waals surface area contributed by atoms with Gasteiger partial charge in [0.25, 0.3) is 0 Å². The highest BCUT2D eigenvalue weighted by molar-refractivity contribution is 5.71. The Hall–Kier alpha value is -0.810. The molecule has 0 aromatic heterocycles. The van der Waals surface area contributed by atoms with E-state index in [0.29, 0.717) is 12.5 Å². The second kappa shape index (κ2) is 5.43. The number of nitrogens with zero attached hydrogens (tertiary/aromatic N) is 1. The van der Waals surface area contributed by atoms with E-state index in [4.69, 9.17) is 14.2 Å². The molecule has 2 aliphatic rings. The van der Waals surface area contributed by atoms with E-state index < -0.39 is 11.4 Å². The van der Waals surface area contributed by atoms with Gasteiger partial charge in [-0.3, -0.25) is 4.90 Å². The first-order valence-corrected chi connectivity index (χ1v) is 7.84. The molecule has 2 rings (SSSR count). The molecule has 122 valence electrons. The molecule has 5 nitrogen and oxygen atoms in total. The zero-order chi connectivity index (χ0) is 16.0. The van der Waals surface area contributed by atoms with Gasteiger partial charge >= 0.3 is 6.09 Å². The Morgan fingerprint density at radius 3 is 2.48 bits per heavy atom. The minimum atomic E-state index is -0.577. The van der Waals surface area contributed by atoms with Crippen LogP contribution in [0.4, 0.5) is 4.79 Å². The van der Waals surface area contributed by atoms with E-state index >= 15 is 0 Å². The molecule has 0 aliphatic carbocycles. The van der Waals surface area contributed by atoms with Crippen LogP contribution in [-0.2, 0) is 14.2 Å². The average molecular weight is 299 g/mol. The van der Waals surface area contributed by atoms with Crippen LogP contribution in [0.25, 0.3) is 0 Å². The Balaban J connectivity index is 1.97. The summed E-state index contributed by atoms with van der Waals surface area (Å²) in [7, 11) is 0. The molecule has 0 saturated carbocycles. The van der Waals surface area contributed by atoms with Crippen molar-refractivity contribution < 1.29 is 19.0 Å². The van der Waals surface area contributed by atoms with Crippen LogP contribution in [0.3, 0.4) is 0 Å². The lowest BCUT2D eigenvalue weighted by molar-refractivity contribution is -0.147. The second-order valence-electron chi connectivity index (χ2n) is 7.97. The van der Waals surface area contributed by atoms with Crippen molar-refractivity contribution in [1.82, 2.24) is 4.90 Å². The molecular weight excluding hydrogens is 270 g/mol. The van der Waals surface area contributed by atoms with Crippen LogP contribution >= 0.6 is 0 Å². The smallest absolute Gasteiger partial charge is 0.410 e. The van der Waals surface area contributed by atoms with Crippen LogP contribution < -0.4 is 0 Å². The minimum absolute atomic E-state index is 0.0393. The van der Waals surface area contributed by atoms with Gasteiger partial charge in [0, 0.05) is 6.54 Å². The van der Waals surface area contributed by atoms with E-state index in [1.807, 2.05) is 34.6 Å². The van der Waals surface area contributed by atoms with Crippen molar-refractivity contribution in [3.05, 3.63) is 0 Å². The number of ether oxygens (including phenoxy) is 3. The highest BCUT2D eigenvalue weighted by atomic mass is 16.8. The van der Waals surface area contributed by atoms with Gasteiger partial charge in [0.2, 0.25) is 0 Å². The summed E-state index contributed by atoms with van der Waals surface area (Å²) >= 11 is 0. The fourth-order valence-corrected chi connectivity index (χ4v) is 2.80. The Bertz CT molecular complexity index is 400. The maximum atomic E-state index is 12.1. The van der Waals surface area contributed by atoms with Crippen molar-refractivity contribution in [1.29, 1.82) is 0 Å². The maximum Gasteiger partial charge on any atom is 0.410 e. The number of carbonyl (C=O) groups is 1. The average Bonchev–Trinajstić information content (AvgIpc) is 2.96. The highest BCUT2D eigenvalue weighted by Crippen LogP contribution is 2.39. The van der Waals surface area contributed by atoms with Crippen LogP contribution in [0.15, 0.2) is 0 Å². The lowest BCUT2D eigenvalue weighted by Gasteiger charge is -2.22. The molecule has 1 amide bonds. The lowest BCUT2D eigenvalue weighted by atomic mass is 10.0. The van der Waals surface area contributed by atoms with E-state index in [9.17, 15) is 4.79 Å². The Morgan fingerprint density at radius 1 is 1.33 bits per heavy atom. The molecule has 0 bridgehead atoms. The summed E-state index contributed by atoms with van der Waals surface area (Å²) in [6, 6.07) is 0.0744. The SMILES string of the molecule is CC(C)C[C@@H]1OC(C)(C)O[C@@H]1[C@@H]1CN1C(=O)OC(C)(C)C. The van der Waals surface area contributed by atoms with Crippen LogP contribution in [-0.4, -0.2) is 47.2 Å². The number of amides is 1. The van der Waals surface area contributed by atoms with Crippen molar-refractivity contribution in [2.45, 2.75) is 84.5 Å². The number of hydrogen-bond donors (Lipinski definition) is 0. The normalized spacial score (nSPS) is 31.6. The number of rotatable bonds is 3. The van der Waals surface area contributed by atoms with Gasteiger partial charge in [-0.1, -0.05) is 13.8 Å². The zero-order valence-corrected chi connectivity index (χ0v) is 14.3. The third-order valence-corrected chi connectivity index (χ3v) is 3.58. The summed E-state index contributed by atoms with van der Waals surface area (Å²) in [5, 5.41) is 0. The molecule has 0 spiro atoms. The molecule has 0 aromatic rings. The molecule has 2 saturated heterocycles. The van der Waals surface area contributed by atoms with Crippen molar-refractivity contribution in [3.63, 3.8) is 0 Å². The first kappa shape index (κ1) is 16.6. The number of hydrogen-bond acceptors (Lipinski definition) is 4. The van der Waals surface area contributed by atoms with E-state index in [1.54, 1.807) is 4.90 Å². The summed E-state index contributed by atoms with van der Waals surface area (Å²) in [6.07, 6.45) is 0.656. The van der Waals surface area contributed by atoms with Gasteiger partial charge in [0.1, 0.15) is 11.7 Å². The summed E-state index contributed by atoms with van der Waals surface area (Å²) in [6.45, 7) is 14.5. The molecule has 0 aromatic carbocycles. The summed E-state index contributed by atoms with van der Waals surface area (Å²) < 4.78 is 17.4. The fraction of sp³-hybridized carbons (Fsp3) is 0.938. The minimum Gasteiger partial charge on any atom is -0.444 e. The van der Waals surface area contributed by atoms with E-state index in [-0.39, 0.29) is 24.3 Å². The molecule has 2 heterocycles. The van der Waals surface area contributed by atoms with Gasteiger partial charge in [-0.2, -0.15) is 0 Å². The van der Waals surface area contributed by atoms with Crippen molar-refractivity contribution in [3.8, 4) is 0 Å². The number of carbonyl (C=O) groups excluding carboxylic acids is 1. The van der Waals surface area contributed by atoms with Gasteiger partial charge in [-0.25, -0.2) is 4.79 Å². The summed E-state index contributed by atoms with van der Waals surface area (Å²) in [5.41, 5.74) is -0.464. The third-order valence-electron chi connectivity index (χ3n) is 3.58. The van der Waals surface area contributed by atoms with Gasteiger partial charge < -0.3 is 14.2 Å². The maximum absolute atomic E-state index is 12.1. The van der Waals surface area contributed by atoms with Crippen LogP contribution in [0, 0.1) is 5.92 Å². The van der Waals surface area contributed by atoms with Gasteiger partial charge in [-0.05, 0) is 47.0 Å². The standard InChI is InChI=1S/C16H29NO4/c1-10(2)8-12-13(20-16(6,7)19-12)11-9-17(11)14(18)21-15(3,4)5/h10-13H,8-9H2,1-7H3/t11-,12-,13+,17?/m0/s1. The molecule has 5 heteroatoms. The lowest BCUT2D eigenvalue weighted by Crippen LogP contribution is -2.34. The molecule has 21 heavy (non-hydrogen) atoms. The van der Waals surface area contributed by atoms with Gasteiger partial charge in [0.05, 0.1) is 12.1 Å². The Labute approximate surface area is 127 Å². The Kier molecular flexibility index (Phi) is 4.28. The third kappa shape index (κ3) is 4.33. The summed E-state index contributed by atoms with van der Waals surface area (Å²) in [5.74, 6) is -0.0457. The fourth-order valence-electron chi connectivity index (χ4n) is 2.80. The quantitative estimate of drug-likeness (QED) is 0.751. The molecule has 2 aliphatic heterocycles. The van der Waals surface area contributed by atoms with E-state index in [2.05, 4.69) is 13.8 Å². The summed E-state index contributed by atoms with van der Waals surface area (Å²) in [4.78, 5) is 13.8. The zero-order valence-electron chi connectivity index (χ0n) is 14.3. The topological polar surface area (TPSA) is 47.8 Å². The largest absolute Gasteiger partial charge is 0.444 e. The first-order chi connectivity index (χ1) is 9.48. The monoisotopic (exact) mass is 299 g/mol. The molecule has 0 N–H and O–H groups in total. The first-order valence-electron chi connectivity index (χ1n) is 7.84. The Morgan fingerprint density at radius 2 is 1.95 bits per heavy atom. The molecule has 2 fully saturated rings. The van der Waals surface area contributed by atoms with Crippen LogP contribution in [0.5, 0.6) is 0 Å². The molecular formula is C16H29NO4. The second-order valence-corrected chi connectivity index (χ2v) is 7.97.